The van der Waals surface area contributed by atoms with Crippen LogP contribution in [0.3, 0.4) is 0 Å². The molecular formula is C20H21BClN7O2. The molecule has 0 saturated carbocycles. The van der Waals surface area contributed by atoms with Gasteiger partial charge in [0.15, 0.2) is 19.5 Å². The van der Waals surface area contributed by atoms with Gasteiger partial charge in [0.25, 0.3) is 5.91 Å². The number of nitrogens with one attached hydrogen (secondary N) is 1. The van der Waals surface area contributed by atoms with Crippen molar-refractivity contribution in [2.75, 3.05) is 30.4 Å². The number of pyridine rings is 2. The van der Waals surface area contributed by atoms with Crippen LogP contribution in [0.4, 0.5) is 11.5 Å². The van der Waals surface area contributed by atoms with Gasteiger partial charge in [0.2, 0.25) is 0 Å². The van der Waals surface area contributed by atoms with Crippen molar-refractivity contribution in [3.05, 3.63) is 59.1 Å². The summed E-state index contributed by atoms with van der Waals surface area (Å²) in [6.45, 7) is 1.35. The molecule has 1 atom stereocenters. The Morgan fingerprint density at radius 1 is 1.29 bits per heavy atom. The Morgan fingerprint density at radius 3 is 2.68 bits per heavy atom. The molecule has 3 aromatic heterocycles. The van der Waals surface area contributed by atoms with Crippen molar-refractivity contribution < 1.29 is 9.90 Å². The summed E-state index contributed by atoms with van der Waals surface area (Å²) in [5, 5.41) is 17.2. The maximum absolute atomic E-state index is 12.8. The normalized spacial score (nSPS) is 16.1. The molecule has 3 aromatic rings. The minimum Gasteiger partial charge on any atom is -0.392 e. The van der Waals surface area contributed by atoms with Crippen LogP contribution in [-0.2, 0) is 6.61 Å². The number of halogens is 1. The predicted octanol–water partition coefficient (Wildman–Crippen LogP) is 1.65. The van der Waals surface area contributed by atoms with Crippen LogP contribution in [-0.4, -0.2) is 69.7 Å². The third-order valence-corrected chi connectivity index (χ3v) is 5.41. The van der Waals surface area contributed by atoms with Gasteiger partial charge in [-0.2, -0.15) is 5.10 Å². The monoisotopic (exact) mass is 437 g/mol. The van der Waals surface area contributed by atoms with Crippen molar-refractivity contribution in [2.24, 2.45) is 0 Å². The fraction of sp³-hybridized carbons (Fsp3) is 0.300. The van der Waals surface area contributed by atoms with E-state index in [1.54, 1.807) is 35.4 Å². The second kappa shape index (κ2) is 9.05. The highest BCUT2D eigenvalue weighted by molar-refractivity contribution is 6.30. The van der Waals surface area contributed by atoms with Crippen molar-refractivity contribution >= 4 is 37.0 Å². The van der Waals surface area contributed by atoms with E-state index in [-0.39, 0.29) is 12.3 Å². The van der Waals surface area contributed by atoms with Crippen molar-refractivity contribution in [3.63, 3.8) is 0 Å². The van der Waals surface area contributed by atoms with E-state index in [1.165, 1.54) is 10.9 Å². The Morgan fingerprint density at radius 2 is 2.06 bits per heavy atom. The number of hydrogen-bond donors (Lipinski definition) is 2. The summed E-state index contributed by atoms with van der Waals surface area (Å²) in [4.78, 5) is 25.3. The van der Waals surface area contributed by atoms with Gasteiger partial charge in [-0.1, -0.05) is 11.6 Å². The molecule has 11 heteroatoms. The van der Waals surface area contributed by atoms with Crippen molar-refractivity contribution in [1.29, 1.82) is 0 Å². The third-order valence-electron chi connectivity index (χ3n) is 5.19. The number of aromatic nitrogens is 4. The number of aliphatic hydroxyl groups excluding tert-OH is 1. The summed E-state index contributed by atoms with van der Waals surface area (Å²) < 4.78 is 1.43. The molecular weight excluding hydrogens is 417 g/mol. The molecule has 0 bridgehead atoms. The van der Waals surface area contributed by atoms with E-state index in [0.717, 1.165) is 25.3 Å². The lowest BCUT2D eigenvalue weighted by Crippen LogP contribution is -2.32. The molecule has 1 aliphatic rings. The summed E-state index contributed by atoms with van der Waals surface area (Å²) in [7, 11) is 7.71. The van der Waals surface area contributed by atoms with E-state index >= 15 is 0 Å². The molecule has 0 aliphatic carbocycles. The van der Waals surface area contributed by atoms with Gasteiger partial charge >= 0.3 is 0 Å². The first-order valence-corrected chi connectivity index (χ1v) is 10.1. The zero-order valence-corrected chi connectivity index (χ0v) is 17.7. The highest BCUT2D eigenvalue weighted by Crippen LogP contribution is 2.22. The minimum atomic E-state index is -0.447. The fourth-order valence-electron chi connectivity index (χ4n) is 3.46. The SMILES string of the molecule is [B]N(C)[C@H]1CCN(c2ccc(NC(=O)c3nn(-c4ccc(Cl)cn4)cc3CO)cn2)C1. The Bertz CT molecular complexity index is 1060. The molecule has 4 rings (SSSR count). The number of anilines is 2. The van der Waals surface area contributed by atoms with E-state index in [4.69, 9.17) is 19.6 Å². The molecule has 0 spiro atoms. The summed E-state index contributed by atoms with van der Waals surface area (Å²) >= 11 is 5.86. The fourth-order valence-corrected chi connectivity index (χ4v) is 3.57. The first kappa shape index (κ1) is 21.3. The van der Waals surface area contributed by atoms with Gasteiger partial charge in [0, 0.05) is 37.1 Å². The number of likely N-dealkylation sites (N-methyl/N-ethyl adjacent to an activating group) is 1. The summed E-state index contributed by atoms with van der Waals surface area (Å²) in [5.41, 5.74) is 1.02. The minimum absolute atomic E-state index is 0.108. The zero-order chi connectivity index (χ0) is 22.0. The van der Waals surface area contributed by atoms with Gasteiger partial charge in [-0.15, -0.1) is 0 Å². The molecule has 4 heterocycles. The predicted molar refractivity (Wildman–Crippen MR) is 119 cm³/mol. The molecule has 0 unspecified atom stereocenters. The van der Waals surface area contributed by atoms with Crippen LogP contribution in [0.2, 0.25) is 5.02 Å². The van der Waals surface area contributed by atoms with Crippen LogP contribution in [0.25, 0.3) is 5.82 Å². The standard InChI is InChI=1S/C20H21BClN7O2/c1-27(21)16-6-7-28(11-16)17-5-3-15(9-24-17)25-20(31)19-13(12-30)10-29(26-19)18-4-2-14(22)8-23-18/h2-5,8-10,16,30H,6-7,11-12H2,1H3,(H,25,31)/t16-/m0/s1. The van der Waals surface area contributed by atoms with Crippen molar-refractivity contribution in [1.82, 2.24) is 24.6 Å². The molecule has 1 amide bonds. The van der Waals surface area contributed by atoms with E-state index in [0.29, 0.717) is 28.1 Å². The van der Waals surface area contributed by atoms with Gasteiger partial charge in [0.1, 0.15) is 5.82 Å². The van der Waals surface area contributed by atoms with Crippen LogP contribution in [0.15, 0.2) is 42.9 Å². The molecule has 158 valence electrons. The van der Waals surface area contributed by atoms with E-state index in [2.05, 4.69) is 25.3 Å². The zero-order valence-electron chi connectivity index (χ0n) is 16.9. The smallest absolute Gasteiger partial charge is 0.276 e. The molecule has 1 aliphatic heterocycles. The van der Waals surface area contributed by atoms with E-state index in [1.807, 2.05) is 13.1 Å². The average Bonchev–Trinajstić information content (AvgIpc) is 3.42. The number of nitrogens with zero attached hydrogens (tertiary/aromatic N) is 6. The van der Waals surface area contributed by atoms with Crippen LogP contribution in [0, 0.1) is 0 Å². The van der Waals surface area contributed by atoms with Gasteiger partial charge in [0.05, 0.1) is 23.5 Å². The van der Waals surface area contributed by atoms with Gasteiger partial charge in [-0.3, -0.25) is 4.79 Å². The highest BCUT2D eigenvalue weighted by Gasteiger charge is 2.24. The summed E-state index contributed by atoms with van der Waals surface area (Å²) in [5.74, 6) is 0.866. The Balaban J connectivity index is 1.46. The Labute approximate surface area is 186 Å². The number of hydrogen-bond acceptors (Lipinski definition) is 7. The maximum atomic E-state index is 12.8. The quantitative estimate of drug-likeness (QED) is 0.566. The molecule has 2 radical (unpaired) electrons. The summed E-state index contributed by atoms with van der Waals surface area (Å²) in [6.07, 6.45) is 5.62. The Kier molecular flexibility index (Phi) is 6.21. The van der Waals surface area contributed by atoms with Crippen LogP contribution >= 0.6 is 11.6 Å². The first-order valence-electron chi connectivity index (χ1n) is 9.76. The van der Waals surface area contributed by atoms with E-state index in [9.17, 15) is 9.90 Å². The molecule has 9 nitrogen and oxygen atoms in total. The first-order chi connectivity index (χ1) is 14.9. The Hall–Kier alpha value is -2.95. The number of carbonyl (C=O) groups excluding carboxylic acids is 1. The maximum Gasteiger partial charge on any atom is 0.276 e. The number of carbonyl (C=O) groups is 1. The van der Waals surface area contributed by atoms with Crippen LogP contribution in [0.5, 0.6) is 0 Å². The molecule has 2 N–H and O–H groups in total. The number of rotatable bonds is 6. The average molecular weight is 438 g/mol. The lowest BCUT2D eigenvalue weighted by molar-refractivity contribution is 0.101. The van der Waals surface area contributed by atoms with E-state index < -0.39 is 5.91 Å². The molecule has 31 heavy (non-hydrogen) atoms. The van der Waals surface area contributed by atoms with Gasteiger partial charge in [-0.05, 0) is 37.7 Å². The largest absolute Gasteiger partial charge is 0.392 e. The second-order valence-electron chi connectivity index (χ2n) is 7.35. The second-order valence-corrected chi connectivity index (χ2v) is 7.79. The van der Waals surface area contributed by atoms with Crippen LogP contribution < -0.4 is 10.2 Å². The number of amides is 1. The molecule has 1 fully saturated rings. The van der Waals surface area contributed by atoms with Crippen LogP contribution in [0.1, 0.15) is 22.5 Å². The lowest BCUT2D eigenvalue weighted by atomic mass is 10.2. The number of aliphatic hydroxyl groups is 1. The highest BCUT2D eigenvalue weighted by atomic mass is 35.5. The van der Waals surface area contributed by atoms with Crippen molar-refractivity contribution in [2.45, 2.75) is 19.1 Å². The molecule has 0 aromatic carbocycles. The topological polar surface area (TPSA) is 99.4 Å². The van der Waals surface area contributed by atoms with Gasteiger partial charge in [-0.25, -0.2) is 14.6 Å². The molecule has 1 saturated heterocycles. The third kappa shape index (κ3) is 4.71. The van der Waals surface area contributed by atoms with Crippen molar-refractivity contribution in [3.8, 4) is 5.82 Å². The summed E-state index contributed by atoms with van der Waals surface area (Å²) in [6, 6.07) is 7.29. The lowest BCUT2D eigenvalue weighted by Gasteiger charge is -2.21. The van der Waals surface area contributed by atoms with Gasteiger partial charge < -0.3 is 20.1 Å².